The second-order valence-electron chi connectivity index (χ2n) is 4.96. The Hall–Kier alpha value is -1.88. The maximum Gasteiger partial charge on any atom is 0.416 e. The van der Waals surface area contributed by atoms with Crippen molar-refractivity contribution in [1.82, 2.24) is 0 Å². The van der Waals surface area contributed by atoms with Gasteiger partial charge in [-0.25, -0.2) is 4.39 Å². The molecule has 2 aromatic carbocycles. The Kier molecular flexibility index (Phi) is 4.05. The van der Waals surface area contributed by atoms with Gasteiger partial charge >= 0.3 is 6.18 Å². The average Bonchev–Trinajstić information content (AvgIpc) is 2.39. The van der Waals surface area contributed by atoms with Crippen LogP contribution in [0.3, 0.4) is 0 Å². The lowest BCUT2D eigenvalue weighted by molar-refractivity contribution is -0.137. The molecule has 0 aliphatic carbocycles. The van der Waals surface area contributed by atoms with Gasteiger partial charge in [-0.3, -0.25) is 0 Å². The van der Waals surface area contributed by atoms with Gasteiger partial charge in [-0.2, -0.15) is 13.2 Å². The van der Waals surface area contributed by atoms with Gasteiger partial charge < -0.3 is 5.11 Å². The van der Waals surface area contributed by atoms with E-state index in [1.807, 2.05) is 13.0 Å². The van der Waals surface area contributed by atoms with Crippen LogP contribution in [-0.2, 0) is 6.18 Å². The first-order chi connectivity index (χ1) is 9.70. The summed E-state index contributed by atoms with van der Waals surface area (Å²) in [5, 5.41) is 10.3. The monoisotopic (exact) mass is 298 g/mol. The largest absolute Gasteiger partial charge is 0.416 e. The predicted molar refractivity (Wildman–Crippen MR) is 71.4 cm³/mol. The molecule has 0 spiro atoms. The summed E-state index contributed by atoms with van der Waals surface area (Å²) in [5.41, 5.74) is 0.911. The van der Waals surface area contributed by atoms with Crippen LogP contribution in [0.1, 0.15) is 33.9 Å². The van der Waals surface area contributed by atoms with E-state index in [-0.39, 0.29) is 5.56 Å². The topological polar surface area (TPSA) is 20.2 Å². The molecule has 21 heavy (non-hydrogen) atoms. The number of aliphatic hydroxyl groups excluding tert-OH is 1. The highest BCUT2D eigenvalue weighted by atomic mass is 19.4. The first-order valence-electron chi connectivity index (χ1n) is 6.32. The third kappa shape index (κ3) is 3.24. The van der Waals surface area contributed by atoms with Gasteiger partial charge in [0.2, 0.25) is 0 Å². The minimum atomic E-state index is -4.65. The molecule has 0 heterocycles. The van der Waals surface area contributed by atoms with Crippen LogP contribution in [0.25, 0.3) is 0 Å². The molecule has 0 bridgehead atoms. The normalized spacial score (nSPS) is 13.3. The van der Waals surface area contributed by atoms with Gasteiger partial charge in [0.25, 0.3) is 0 Å². The molecule has 0 radical (unpaired) electrons. The van der Waals surface area contributed by atoms with Gasteiger partial charge in [0, 0.05) is 0 Å². The number of hydrogen-bond acceptors (Lipinski definition) is 1. The van der Waals surface area contributed by atoms with E-state index < -0.39 is 23.7 Å². The second kappa shape index (κ2) is 5.48. The minimum absolute atomic E-state index is 0.115. The molecule has 1 nitrogen and oxygen atoms in total. The van der Waals surface area contributed by atoms with Crippen LogP contribution in [0.4, 0.5) is 17.6 Å². The molecule has 1 N–H and O–H groups in total. The van der Waals surface area contributed by atoms with Crippen LogP contribution < -0.4 is 0 Å². The van der Waals surface area contributed by atoms with Crippen molar-refractivity contribution in [1.29, 1.82) is 0 Å². The predicted octanol–water partition coefficient (Wildman–Crippen LogP) is 4.54. The zero-order chi connectivity index (χ0) is 15.8. The first-order valence-corrected chi connectivity index (χ1v) is 6.32. The van der Waals surface area contributed by atoms with E-state index in [4.69, 9.17) is 0 Å². The molecule has 0 fully saturated rings. The molecular formula is C16H14F4O. The number of hydrogen-bond donors (Lipinski definition) is 1. The van der Waals surface area contributed by atoms with E-state index in [1.165, 1.54) is 0 Å². The molecule has 2 aromatic rings. The highest BCUT2D eigenvalue weighted by Gasteiger charge is 2.32. The van der Waals surface area contributed by atoms with Crippen LogP contribution in [0, 0.1) is 19.7 Å². The highest BCUT2D eigenvalue weighted by Crippen LogP contribution is 2.34. The van der Waals surface area contributed by atoms with Crippen LogP contribution in [0.2, 0.25) is 0 Å². The molecule has 2 rings (SSSR count). The van der Waals surface area contributed by atoms with E-state index in [0.717, 1.165) is 23.3 Å². The summed E-state index contributed by atoms with van der Waals surface area (Å²) >= 11 is 0. The quantitative estimate of drug-likeness (QED) is 0.807. The summed E-state index contributed by atoms with van der Waals surface area (Å²) in [6.07, 6.45) is -5.96. The average molecular weight is 298 g/mol. The molecule has 5 heteroatoms. The Labute approximate surface area is 119 Å². The van der Waals surface area contributed by atoms with E-state index in [0.29, 0.717) is 11.6 Å². The molecule has 0 saturated heterocycles. The third-order valence-corrected chi connectivity index (χ3v) is 3.50. The molecule has 0 aromatic heterocycles. The first kappa shape index (κ1) is 15.5. The van der Waals surface area contributed by atoms with Gasteiger partial charge in [-0.15, -0.1) is 0 Å². The number of rotatable bonds is 2. The van der Waals surface area contributed by atoms with Gasteiger partial charge in [0.1, 0.15) is 11.9 Å². The summed E-state index contributed by atoms with van der Waals surface area (Å²) in [6, 6.07) is 7.25. The molecule has 112 valence electrons. The fraction of sp³-hybridized carbons (Fsp3) is 0.250. The lowest BCUT2D eigenvalue weighted by Gasteiger charge is -2.17. The number of alkyl halides is 3. The van der Waals surface area contributed by atoms with E-state index in [2.05, 4.69) is 0 Å². The van der Waals surface area contributed by atoms with Crippen molar-refractivity contribution in [3.8, 4) is 0 Å². The number of aryl methyl sites for hydroxylation is 1. The third-order valence-electron chi connectivity index (χ3n) is 3.50. The Morgan fingerprint density at radius 2 is 1.71 bits per heavy atom. The highest BCUT2D eigenvalue weighted by molar-refractivity contribution is 5.40. The summed E-state index contributed by atoms with van der Waals surface area (Å²) in [4.78, 5) is 0. The van der Waals surface area contributed by atoms with E-state index in [1.54, 1.807) is 19.1 Å². The second-order valence-corrected chi connectivity index (χ2v) is 4.96. The van der Waals surface area contributed by atoms with E-state index >= 15 is 0 Å². The standard InChI is InChI=1S/C16H14F4O/c1-9-4-3-5-14(10(9)2)15(21)11-6-12(16(18,19)20)8-13(17)7-11/h3-8,15,21H,1-2H3. The van der Waals surface area contributed by atoms with Crippen LogP contribution in [0.5, 0.6) is 0 Å². The Bertz CT molecular complexity index is 662. The molecule has 0 amide bonds. The summed E-state index contributed by atoms with van der Waals surface area (Å²) < 4.78 is 51.5. The Balaban J connectivity index is 2.51. The van der Waals surface area contributed by atoms with Crippen molar-refractivity contribution in [2.45, 2.75) is 26.1 Å². The summed E-state index contributed by atoms with van der Waals surface area (Å²) in [7, 11) is 0. The van der Waals surface area contributed by atoms with Gasteiger partial charge in [-0.1, -0.05) is 18.2 Å². The Morgan fingerprint density at radius 3 is 2.33 bits per heavy atom. The molecular weight excluding hydrogens is 284 g/mol. The molecule has 1 atom stereocenters. The SMILES string of the molecule is Cc1cccc(C(O)c2cc(F)cc(C(F)(F)F)c2)c1C. The van der Waals surface area contributed by atoms with Gasteiger partial charge in [0.15, 0.2) is 0 Å². The summed E-state index contributed by atoms with van der Waals surface area (Å²) in [6.45, 7) is 3.59. The van der Waals surface area contributed by atoms with Crippen molar-refractivity contribution >= 4 is 0 Å². The van der Waals surface area contributed by atoms with Crippen molar-refractivity contribution in [2.24, 2.45) is 0 Å². The Morgan fingerprint density at radius 1 is 1.05 bits per heavy atom. The smallest absolute Gasteiger partial charge is 0.384 e. The lowest BCUT2D eigenvalue weighted by atomic mass is 9.94. The molecule has 1 unspecified atom stereocenters. The number of benzene rings is 2. The maximum absolute atomic E-state index is 13.4. The number of halogens is 4. The maximum atomic E-state index is 13.4. The van der Waals surface area contributed by atoms with Crippen molar-refractivity contribution in [3.05, 3.63) is 70.0 Å². The van der Waals surface area contributed by atoms with Gasteiger partial charge in [-0.05, 0) is 54.3 Å². The number of aliphatic hydroxyl groups is 1. The summed E-state index contributed by atoms with van der Waals surface area (Å²) in [5.74, 6) is -1.02. The van der Waals surface area contributed by atoms with Crippen LogP contribution in [-0.4, -0.2) is 5.11 Å². The zero-order valence-corrected chi connectivity index (χ0v) is 11.5. The molecule has 0 aliphatic heterocycles. The van der Waals surface area contributed by atoms with Crippen molar-refractivity contribution in [3.63, 3.8) is 0 Å². The van der Waals surface area contributed by atoms with Gasteiger partial charge in [0.05, 0.1) is 5.56 Å². The molecule has 0 aliphatic rings. The van der Waals surface area contributed by atoms with Crippen LogP contribution >= 0.6 is 0 Å². The van der Waals surface area contributed by atoms with Crippen molar-refractivity contribution < 1.29 is 22.7 Å². The van der Waals surface area contributed by atoms with E-state index in [9.17, 15) is 22.7 Å². The zero-order valence-electron chi connectivity index (χ0n) is 11.5. The molecule has 0 saturated carbocycles. The minimum Gasteiger partial charge on any atom is -0.384 e. The fourth-order valence-electron chi connectivity index (χ4n) is 2.18. The van der Waals surface area contributed by atoms with Crippen LogP contribution in [0.15, 0.2) is 36.4 Å². The van der Waals surface area contributed by atoms with Crippen molar-refractivity contribution in [2.75, 3.05) is 0 Å². The lowest BCUT2D eigenvalue weighted by Crippen LogP contribution is -2.09. The fourth-order valence-corrected chi connectivity index (χ4v) is 2.18.